The standard InChI is InChI=1S/C28H38F3N5O3S/c1-26(2,3)39-25(38)35-24-34-22(18-40-24)27(10-9-21(14-27)36-11-7-5-4-6-8-12-36)23(37)33-16-19-13-20(17-32-15-19)28(29,30)31/h13,15,17-18,21H,4-12,14,16H2,1-3H3,(H,33,37)(H,34,35,38). The zero-order valence-electron chi connectivity index (χ0n) is 23.3. The molecular weight excluding hydrogens is 543 g/mol. The Labute approximate surface area is 237 Å². The number of rotatable bonds is 6. The van der Waals surface area contributed by atoms with Gasteiger partial charge in [-0.2, -0.15) is 13.2 Å². The topological polar surface area (TPSA) is 96.4 Å². The van der Waals surface area contributed by atoms with E-state index in [1.807, 2.05) is 0 Å². The Balaban J connectivity index is 1.55. The van der Waals surface area contributed by atoms with Gasteiger partial charge in [0.1, 0.15) is 5.60 Å². The van der Waals surface area contributed by atoms with Crippen molar-refractivity contribution in [2.45, 2.75) is 102 Å². The van der Waals surface area contributed by atoms with Crippen LogP contribution in [0.5, 0.6) is 0 Å². The number of likely N-dealkylation sites (tertiary alicyclic amines) is 1. The number of carbonyl (C=O) groups is 2. The molecule has 1 saturated carbocycles. The highest BCUT2D eigenvalue weighted by Crippen LogP contribution is 2.44. The van der Waals surface area contributed by atoms with Crippen molar-refractivity contribution in [3.8, 4) is 0 Å². The monoisotopic (exact) mass is 581 g/mol. The van der Waals surface area contributed by atoms with Gasteiger partial charge in [-0.3, -0.25) is 15.1 Å². The predicted octanol–water partition coefficient (Wildman–Crippen LogP) is 6.28. The average molecular weight is 582 g/mol. The van der Waals surface area contributed by atoms with Crippen molar-refractivity contribution >= 4 is 28.5 Å². The zero-order chi connectivity index (χ0) is 29.0. The molecule has 4 rings (SSSR count). The Kier molecular flexibility index (Phi) is 9.39. The van der Waals surface area contributed by atoms with E-state index in [4.69, 9.17) is 4.74 Å². The molecule has 2 fully saturated rings. The number of hydrogen-bond acceptors (Lipinski definition) is 7. The second kappa shape index (κ2) is 12.4. The van der Waals surface area contributed by atoms with Crippen LogP contribution in [-0.2, 0) is 27.7 Å². The van der Waals surface area contributed by atoms with E-state index in [0.29, 0.717) is 23.7 Å². The van der Waals surface area contributed by atoms with Crippen LogP contribution >= 0.6 is 11.3 Å². The van der Waals surface area contributed by atoms with Crippen LogP contribution in [0.15, 0.2) is 23.8 Å². The lowest BCUT2D eigenvalue weighted by molar-refractivity contribution is -0.137. The molecule has 2 aliphatic rings. The van der Waals surface area contributed by atoms with E-state index in [-0.39, 0.29) is 24.1 Å². The zero-order valence-corrected chi connectivity index (χ0v) is 24.1. The van der Waals surface area contributed by atoms with Crippen LogP contribution in [0.1, 0.15) is 89.0 Å². The molecular formula is C28H38F3N5O3S. The molecule has 2 aromatic rings. The first kappa shape index (κ1) is 30.2. The normalized spacial score (nSPS) is 22.8. The summed E-state index contributed by atoms with van der Waals surface area (Å²) in [6, 6.07) is 1.20. The highest BCUT2D eigenvalue weighted by Gasteiger charge is 2.49. The molecule has 2 aromatic heterocycles. The van der Waals surface area contributed by atoms with E-state index in [9.17, 15) is 22.8 Å². The van der Waals surface area contributed by atoms with Gasteiger partial charge in [-0.1, -0.05) is 19.3 Å². The maximum atomic E-state index is 13.9. The van der Waals surface area contributed by atoms with Crippen molar-refractivity contribution < 1.29 is 27.5 Å². The molecule has 8 nitrogen and oxygen atoms in total. The molecule has 2 N–H and O–H groups in total. The molecule has 0 spiro atoms. The first-order valence-electron chi connectivity index (χ1n) is 13.9. The van der Waals surface area contributed by atoms with Crippen LogP contribution in [0, 0.1) is 0 Å². The number of amides is 2. The first-order valence-corrected chi connectivity index (χ1v) is 14.7. The van der Waals surface area contributed by atoms with E-state index in [1.54, 1.807) is 26.2 Å². The summed E-state index contributed by atoms with van der Waals surface area (Å²) in [4.78, 5) is 37.0. The molecule has 220 valence electrons. The lowest BCUT2D eigenvalue weighted by Gasteiger charge is -2.32. The van der Waals surface area contributed by atoms with Crippen molar-refractivity contribution in [1.29, 1.82) is 0 Å². The third-order valence-corrected chi connectivity index (χ3v) is 8.27. The molecule has 2 unspecified atom stereocenters. The number of ether oxygens (including phenoxy) is 1. The van der Waals surface area contributed by atoms with Gasteiger partial charge in [0.05, 0.1) is 16.7 Å². The van der Waals surface area contributed by atoms with Gasteiger partial charge in [0, 0.05) is 30.4 Å². The Morgan fingerprint density at radius 3 is 2.50 bits per heavy atom. The minimum Gasteiger partial charge on any atom is -0.444 e. The molecule has 1 aliphatic carbocycles. The van der Waals surface area contributed by atoms with Crippen molar-refractivity contribution in [1.82, 2.24) is 20.2 Å². The minimum absolute atomic E-state index is 0.0843. The summed E-state index contributed by atoms with van der Waals surface area (Å²) in [5.41, 5.74) is -1.68. The highest BCUT2D eigenvalue weighted by atomic mass is 32.1. The van der Waals surface area contributed by atoms with Gasteiger partial charge in [-0.15, -0.1) is 11.3 Å². The summed E-state index contributed by atoms with van der Waals surface area (Å²) in [5.74, 6) is -0.284. The van der Waals surface area contributed by atoms with Gasteiger partial charge < -0.3 is 15.0 Å². The number of nitrogens with one attached hydrogen (secondary N) is 2. The number of thiazole rings is 1. The third-order valence-electron chi connectivity index (χ3n) is 7.51. The van der Waals surface area contributed by atoms with Gasteiger partial charge in [0.2, 0.25) is 5.91 Å². The molecule has 2 amide bonds. The average Bonchev–Trinajstić information content (AvgIpc) is 3.49. The number of nitrogens with zero attached hydrogens (tertiary/aromatic N) is 3. The van der Waals surface area contributed by atoms with Crippen LogP contribution in [0.25, 0.3) is 0 Å². The van der Waals surface area contributed by atoms with E-state index >= 15 is 0 Å². The molecule has 0 bridgehead atoms. The van der Waals surface area contributed by atoms with Crippen LogP contribution in [-0.4, -0.2) is 51.6 Å². The quantitative estimate of drug-likeness (QED) is 0.417. The number of hydrogen-bond donors (Lipinski definition) is 2. The lowest BCUT2D eigenvalue weighted by atomic mass is 9.81. The number of alkyl halides is 3. The third kappa shape index (κ3) is 7.72. The Morgan fingerprint density at radius 2 is 1.82 bits per heavy atom. The Bertz CT molecular complexity index is 1170. The SMILES string of the molecule is CC(C)(C)OC(=O)Nc1nc(C2(C(=O)NCc3cncc(C(F)(F)F)c3)CCC(N3CCCCCCC3)C2)cs1. The maximum Gasteiger partial charge on any atom is 0.417 e. The number of anilines is 1. The lowest BCUT2D eigenvalue weighted by Crippen LogP contribution is -2.45. The number of carbonyl (C=O) groups excluding carboxylic acids is 2. The summed E-state index contributed by atoms with van der Waals surface area (Å²) in [6.07, 6.45) is 4.76. The predicted molar refractivity (Wildman–Crippen MR) is 147 cm³/mol. The van der Waals surface area contributed by atoms with E-state index in [0.717, 1.165) is 44.6 Å². The second-order valence-electron chi connectivity index (χ2n) is 11.7. The summed E-state index contributed by atoms with van der Waals surface area (Å²) in [6.45, 7) is 7.19. The van der Waals surface area contributed by atoms with Gasteiger partial charge in [0.25, 0.3) is 0 Å². The van der Waals surface area contributed by atoms with Crippen molar-refractivity contribution in [2.75, 3.05) is 18.4 Å². The molecule has 40 heavy (non-hydrogen) atoms. The van der Waals surface area contributed by atoms with Crippen LogP contribution in [0.3, 0.4) is 0 Å². The first-order chi connectivity index (χ1) is 18.9. The fourth-order valence-electron chi connectivity index (χ4n) is 5.56. The van der Waals surface area contributed by atoms with E-state index in [2.05, 4.69) is 25.5 Å². The summed E-state index contributed by atoms with van der Waals surface area (Å²) in [5, 5.41) is 7.64. The summed E-state index contributed by atoms with van der Waals surface area (Å²) in [7, 11) is 0. The number of aromatic nitrogens is 2. The number of halogens is 3. The van der Waals surface area contributed by atoms with Gasteiger partial charge >= 0.3 is 12.3 Å². The van der Waals surface area contributed by atoms with Crippen LogP contribution in [0.4, 0.5) is 23.1 Å². The summed E-state index contributed by atoms with van der Waals surface area (Å²) < 4.78 is 44.9. The van der Waals surface area contributed by atoms with Gasteiger partial charge in [-0.25, -0.2) is 9.78 Å². The fourth-order valence-corrected chi connectivity index (χ4v) is 6.35. The van der Waals surface area contributed by atoms with Gasteiger partial charge in [-0.05, 0) is 77.6 Å². The van der Waals surface area contributed by atoms with E-state index in [1.165, 1.54) is 36.8 Å². The Morgan fingerprint density at radius 1 is 1.12 bits per heavy atom. The molecule has 0 radical (unpaired) electrons. The van der Waals surface area contributed by atoms with Crippen molar-refractivity contribution in [3.05, 3.63) is 40.7 Å². The molecule has 12 heteroatoms. The second-order valence-corrected chi connectivity index (χ2v) is 12.6. The minimum atomic E-state index is -4.52. The summed E-state index contributed by atoms with van der Waals surface area (Å²) >= 11 is 1.22. The Hall–Kier alpha value is -2.73. The smallest absolute Gasteiger partial charge is 0.417 e. The fraction of sp³-hybridized carbons (Fsp3) is 0.643. The molecule has 0 aromatic carbocycles. The maximum absolute atomic E-state index is 13.9. The van der Waals surface area contributed by atoms with Crippen LogP contribution < -0.4 is 10.6 Å². The molecule has 1 saturated heterocycles. The van der Waals surface area contributed by atoms with Gasteiger partial charge in [0.15, 0.2) is 5.13 Å². The van der Waals surface area contributed by atoms with Crippen molar-refractivity contribution in [3.63, 3.8) is 0 Å². The largest absolute Gasteiger partial charge is 0.444 e. The van der Waals surface area contributed by atoms with E-state index < -0.39 is 28.8 Å². The van der Waals surface area contributed by atoms with Crippen LogP contribution in [0.2, 0.25) is 0 Å². The van der Waals surface area contributed by atoms with Crippen molar-refractivity contribution in [2.24, 2.45) is 0 Å². The number of pyridine rings is 1. The molecule has 1 aliphatic heterocycles. The highest BCUT2D eigenvalue weighted by molar-refractivity contribution is 7.14. The molecule has 3 heterocycles. The molecule has 2 atom stereocenters.